The summed E-state index contributed by atoms with van der Waals surface area (Å²) in [6.45, 7) is 22.9. The maximum Gasteiger partial charge on any atom is 0.455 e. The molecule has 0 radical (unpaired) electrons. The molecule has 1 N–H and O–H groups in total. The highest BCUT2D eigenvalue weighted by molar-refractivity contribution is 5.03. The Morgan fingerprint density at radius 1 is 0.422 bits per heavy atom. The van der Waals surface area contributed by atoms with E-state index in [4.69, 9.17) is 23.7 Å². The van der Waals surface area contributed by atoms with E-state index >= 15 is 0 Å². The van der Waals surface area contributed by atoms with E-state index in [1.165, 1.54) is 0 Å². The topological polar surface area (TPSA) is 66.4 Å². The van der Waals surface area contributed by atoms with Crippen molar-refractivity contribution >= 4 is 0 Å². The summed E-state index contributed by atoms with van der Waals surface area (Å²) in [7, 11) is 0. The van der Waals surface area contributed by atoms with E-state index in [1.54, 1.807) is 20.8 Å². The van der Waals surface area contributed by atoms with Crippen LogP contribution in [-0.2, 0) is 23.7 Å². The van der Waals surface area contributed by atoms with Gasteiger partial charge < -0.3 is 28.8 Å². The van der Waals surface area contributed by atoms with Gasteiger partial charge in [-0.15, -0.1) is 0 Å². The van der Waals surface area contributed by atoms with Crippen LogP contribution in [0.25, 0.3) is 0 Å². The molecule has 0 bridgehead atoms. The predicted octanol–water partition coefficient (Wildman–Crippen LogP) is 15.1. The molecule has 0 aromatic carbocycles. The summed E-state index contributed by atoms with van der Waals surface area (Å²) in [5, 5.41) is 11.4. The summed E-state index contributed by atoms with van der Waals surface area (Å²) in [5.41, 5.74) is -6.07. The minimum Gasteiger partial charge on any atom is -0.390 e. The van der Waals surface area contributed by atoms with Crippen molar-refractivity contribution in [2.75, 3.05) is 46.2 Å². The minimum absolute atomic E-state index is 0.0331. The van der Waals surface area contributed by atoms with Gasteiger partial charge in [-0.1, -0.05) is 96.9 Å². The van der Waals surface area contributed by atoms with Gasteiger partial charge in [-0.2, -0.15) is 43.9 Å². The lowest BCUT2D eigenvalue weighted by molar-refractivity contribution is -0.299. The molecule has 0 aliphatic heterocycles. The smallest absolute Gasteiger partial charge is 0.390 e. The largest absolute Gasteiger partial charge is 0.455 e. The Balaban J connectivity index is 7.02. The molecule has 2 atom stereocenters. The SMILES string of the molecule is CCC(CC)OCC(C)(COCC(F)(F)C(F)(F)F)CC(CC)(CC)C(CC)(CC)OCCC(CC)(CC)C(CC)(CC)OCC(C)(COCC(F)(F)C(F)(F)F)CC(O)(CC)CC. The van der Waals surface area contributed by atoms with Crippen molar-refractivity contribution in [2.24, 2.45) is 21.7 Å². The predicted molar refractivity (Wildman–Crippen MR) is 234 cm³/mol. The molecule has 0 saturated heterocycles. The molecule has 6 nitrogen and oxygen atoms in total. The molecule has 386 valence electrons. The molecule has 0 aromatic heterocycles. The van der Waals surface area contributed by atoms with Crippen LogP contribution in [0.3, 0.4) is 0 Å². The zero-order chi connectivity index (χ0) is 50.2. The Hall–Kier alpha value is -0.940. The molecule has 64 heavy (non-hydrogen) atoms. The first-order chi connectivity index (χ1) is 29.3. The second-order valence-corrected chi connectivity index (χ2v) is 19.3. The van der Waals surface area contributed by atoms with Crippen LogP contribution < -0.4 is 0 Å². The zero-order valence-electron chi connectivity index (χ0n) is 41.9. The molecule has 16 heteroatoms. The molecule has 0 aromatic rings. The average Bonchev–Trinajstić information content (AvgIpc) is 3.23. The summed E-state index contributed by atoms with van der Waals surface area (Å²) in [5.74, 6) is -10.1. The van der Waals surface area contributed by atoms with Crippen molar-refractivity contribution in [2.45, 2.75) is 240 Å². The van der Waals surface area contributed by atoms with Gasteiger partial charge in [0, 0.05) is 22.9 Å². The normalized spacial score (nSPS) is 16.4. The molecule has 2 unspecified atom stereocenters. The highest BCUT2D eigenvalue weighted by Gasteiger charge is 2.59. The van der Waals surface area contributed by atoms with Gasteiger partial charge in [0.25, 0.3) is 0 Å². The van der Waals surface area contributed by atoms with E-state index in [2.05, 4.69) is 13.8 Å². The highest BCUT2D eigenvalue weighted by atomic mass is 19.4. The van der Waals surface area contributed by atoms with Crippen LogP contribution in [-0.4, -0.2) is 98.5 Å². The van der Waals surface area contributed by atoms with Crippen LogP contribution in [0.2, 0.25) is 0 Å². The van der Waals surface area contributed by atoms with E-state index < -0.39 is 89.1 Å². The number of halogens is 10. The van der Waals surface area contributed by atoms with Gasteiger partial charge in [-0.3, -0.25) is 0 Å². The lowest BCUT2D eigenvalue weighted by Crippen LogP contribution is -2.55. The molecule has 0 spiro atoms. The van der Waals surface area contributed by atoms with Crippen LogP contribution in [0.1, 0.15) is 193 Å². The van der Waals surface area contributed by atoms with Crippen molar-refractivity contribution in [3.05, 3.63) is 0 Å². The Morgan fingerprint density at radius 3 is 1.12 bits per heavy atom. The highest BCUT2D eigenvalue weighted by Crippen LogP contribution is 2.55. The standard InChI is InChI=1S/C48H88F10O6/c1-15-37(16-2)62-33-38(13,31-60-35-45(49,50)47(53,54)55)29-41(19-5,20-6)44(25-11,26-12)63-28-27-40(17-3,18-4)43(23-9,24-10)64-34-39(14,30-42(59,21-7)22-8)32-61-36-46(51,52)48(56,57)58/h37,59H,15-36H2,1-14H3. The molecule has 0 aliphatic carbocycles. The molecule has 0 aliphatic rings. The fourth-order valence-electron chi connectivity index (χ4n) is 10.5. The fraction of sp³-hybridized carbons (Fsp3) is 1.00. The zero-order valence-corrected chi connectivity index (χ0v) is 41.9. The third kappa shape index (κ3) is 15.8. The maximum atomic E-state index is 14.1. The first-order valence-corrected chi connectivity index (χ1v) is 24.0. The van der Waals surface area contributed by atoms with E-state index in [9.17, 15) is 49.0 Å². The lowest BCUT2D eigenvalue weighted by atomic mass is 9.58. The molecule has 0 fully saturated rings. The number of alkyl halides is 10. The number of hydrogen-bond acceptors (Lipinski definition) is 6. The Morgan fingerprint density at radius 2 is 0.797 bits per heavy atom. The number of ether oxygens (including phenoxy) is 5. The number of aliphatic hydroxyl groups is 1. The summed E-state index contributed by atoms with van der Waals surface area (Å²) in [6, 6.07) is 0. The van der Waals surface area contributed by atoms with Crippen molar-refractivity contribution in [1.82, 2.24) is 0 Å². The maximum absolute atomic E-state index is 14.1. The third-order valence-electron chi connectivity index (χ3n) is 15.3. The van der Waals surface area contributed by atoms with Gasteiger partial charge in [-0.05, 0) is 102 Å². The van der Waals surface area contributed by atoms with Crippen molar-refractivity contribution in [3.8, 4) is 0 Å². The van der Waals surface area contributed by atoms with E-state index in [1.807, 2.05) is 62.3 Å². The summed E-state index contributed by atoms with van der Waals surface area (Å²) in [6.07, 6.45) is -4.06. The molecule has 0 amide bonds. The van der Waals surface area contributed by atoms with Crippen LogP contribution in [0.15, 0.2) is 0 Å². The molecule has 0 heterocycles. The minimum atomic E-state index is -5.78. The van der Waals surface area contributed by atoms with Crippen LogP contribution in [0.5, 0.6) is 0 Å². The van der Waals surface area contributed by atoms with Gasteiger partial charge in [-0.25, -0.2) is 0 Å². The third-order valence-corrected chi connectivity index (χ3v) is 15.3. The van der Waals surface area contributed by atoms with Crippen LogP contribution in [0, 0.1) is 21.7 Å². The number of rotatable bonds is 36. The van der Waals surface area contributed by atoms with Crippen molar-refractivity contribution in [1.29, 1.82) is 0 Å². The van der Waals surface area contributed by atoms with Crippen LogP contribution >= 0.6 is 0 Å². The van der Waals surface area contributed by atoms with Gasteiger partial charge in [0.05, 0.1) is 49.3 Å². The monoisotopic (exact) mass is 951 g/mol. The van der Waals surface area contributed by atoms with Gasteiger partial charge in [0.1, 0.15) is 13.2 Å². The summed E-state index contributed by atoms with van der Waals surface area (Å²) < 4.78 is 165. The Labute approximate surface area is 380 Å². The summed E-state index contributed by atoms with van der Waals surface area (Å²) >= 11 is 0. The lowest BCUT2D eigenvalue weighted by Gasteiger charge is -2.54. The second-order valence-electron chi connectivity index (χ2n) is 19.3. The molecule has 0 saturated carbocycles. The quantitative estimate of drug-likeness (QED) is 0.0631. The van der Waals surface area contributed by atoms with E-state index in [0.717, 1.165) is 0 Å². The Kier molecular flexibility index (Phi) is 25.2. The summed E-state index contributed by atoms with van der Waals surface area (Å²) in [4.78, 5) is 0. The van der Waals surface area contributed by atoms with Crippen molar-refractivity contribution < 1.29 is 72.7 Å². The van der Waals surface area contributed by atoms with Gasteiger partial charge >= 0.3 is 24.2 Å². The first-order valence-electron chi connectivity index (χ1n) is 24.0. The first kappa shape index (κ1) is 63.1. The molecule has 0 rings (SSSR count). The molecular formula is C48H88F10O6. The van der Waals surface area contributed by atoms with E-state index in [-0.39, 0.29) is 32.3 Å². The second kappa shape index (κ2) is 25.6. The number of hydrogen-bond donors (Lipinski definition) is 1. The van der Waals surface area contributed by atoms with Crippen molar-refractivity contribution in [3.63, 3.8) is 0 Å². The van der Waals surface area contributed by atoms with Crippen LogP contribution in [0.4, 0.5) is 43.9 Å². The molecular weight excluding hydrogens is 863 g/mol. The van der Waals surface area contributed by atoms with E-state index in [0.29, 0.717) is 89.9 Å². The van der Waals surface area contributed by atoms with Gasteiger partial charge in [0.15, 0.2) is 0 Å². The average molecular weight is 951 g/mol. The Bertz CT molecular complexity index is 1270. The van der Waals surface area contributed by atoms with Gasteiger partial charge in [0.2, 0.25) is 0 Å². The fourth-order valence-corrected chi connectivity index (χ4v) is 10.5.